The van der Waals surface area contributed by atoms with E-state index in [1.165, 1.54) is 7.11 Å². The van der Waals surface area contributed by atoms with Crippen molar-refractivity contribution in [2.24, 2.45) is 0 Å². The molecule has 1 fully saturated rings. The summed E-state index contributed by atoms with van der Waals surface area (Å²) in [7, 11) is 1.34. The third kappa shape index (κ3) is 5.87. The minimum absolute atomic E-state index is 0.127. The number of amides is 1. The average molecular weight is 441 g/mol. The molecule has 0 bridgehead atoms. The third-order valence-corrected chi connectivity index (χ3v) is 5.88. The van der Waals surface area contributed by atoms with E-state index in [4.69, 9.17) is 4.74 Å². The molecular weight excluding hydrogens is 408 g/mol. The van der Waals surface area contributed by atoms with E-state index in [0.29, 0.717) is 44.0 Å². The van der Waals surface area contributed by atoms with Crippen LogP contribution >= 0.6 is 0 Å². The van der Waals surface area contributed by atoms with E-state index in [9.17, 15) is 14.7 Å². The molecule has 7 heteroatoms. The molecule has 1 aliphatic heterocycles. The number of benzene rings is 2. The predicted octanol–water partition coefficient (Wildman–Crippen LogP) is 2.33. The Kier molecular flexibility index (Phi) is 7.88. The molecule has 1 saturated heterocycles. The van der Waals surface area contributed by atoms with Crippen molar-refractivity contribution < 1.29 is 24.2 Å². The number of rotatable bonds is 8. The Labute approximate surface area is 189 Å². The summed E-state index contributed by atoms with van der Waals surface area (Å²) < 4.78 is 10.3. The summed E-state index contributed by atoms with van der Waals surface area (Å²) in [5.41, 5.74) is 0.892. The number of ether oxygens (including phenoxy) is 2. The molecule has 2 aromatic rings. The first kappa shape index (κ1) is 23.8. The number of piperazine rings is 1. The van der Waals surface area contributed by atoms with Gasteiger partial charge in [0.2, 0.25) is 5.91 Å². The van der Waals surface area contributed by atoms with Crippen molar-refractivity contribution in [1.82, 2.24) is 9.80 Å². The highest BCUT2D eigenvalue weighted by Gasteiger charge is 2.35. The van der Waals surface area contributed by atoms with Crippen LogP contribution in [0.2, 0.25) is 0 Å². The van der Waals surface area contributed by atoms with E-state index in [2.05, 4.69) is 9.64 Å². The summed E-state index contributed by atoms with van der Waals surface area (Å²) in [5.74, 6) is 0.305. The second-order valence-corrected chi connectivity index (χ2v) is 8.56. The summed E-state index contributed by atoms with van der Waals surface area (Å²) >= 11 is 0. The number of hydrogen-bond donors (Lipinski definition) is 1. The molecule has 2 aromatic carbocycles. The van der Waals surface area contributed by atoms with Gasteiger partial charge in [-0.05, 0) is 43.7 Å². The van der Waals surface area contributed by atoms with Crippen LogP contribution in [0.1, 0.15) is 29.8 Å². The van der Waals surface area contributed by atoms with Crippen LogP contribution in [0.15, 0.2) is 54.6 Å². The van der Waals surface area contributed by atoms with Gasteiger partial charge in [-0.15, -0.1) is 0 Å². The van der Waals surface area contributed by atoms with Gasteiger partial charge in [-0.1, -0.05) is 30.3 Å². The topological polar surface area (TPSA) is 79.3 Å². The summed E-state index contributed by atoms with van der Waals surface area (Å²) in [6.07, 6.45) is -0.654. The monoisotopic (exact) mass is 440 g/mol. The number of hydrogen-bond acceptors (Lipinski definition) is 6. The first-order chi connectivity index (χ1) is 15.3. The SMILES string of the molecule is COC(=O)c1ccc(OCC(O)CN2CCN(C(=O)C(C)(C)c3ccccc3)CC2)cc1. The van der Waals surface area contributed by atoms with Gasteiger partial charge in [-0.2, -0.15) is 0 Å². The molecule has 7 nitrogen and oxygen atoms in total. The molecule has 0 radical (unpaired) electrons. The van der Waals surface area contributed by atoms with Crippen LogP contribution in [0.4, 0.5) is 0 Å². The maximum absolute atomic E-state index is 13.1. The van der Waals surface area contributed by atoms with Crippen LogP contribution in [-0.2, 0) is 14.9 Å². The molecule has 1 N–H and O–H groups in total. The van der Waals surface area contributed by atoms with Gasteiger partial charge in [0.25, 0.3) is 0 Å². The standard InChI is InChI=1S/C25H32N2O5/c1-25(2,20-7-5-4-6-8-20)24(30)27-15-13-26(14-16-27)17-21(28)18-32-22-11-9-19(10-12-22)23(29)31-3/h4-12,21,28H,13-18H2,1-3H3. The number of aliphatic hydroxyl groups excluding tert-OH is 1. The second-order valence-electron chi connectivity index (χ2n) is 8.56. The second kappa shape index (κ2) is 10.6. The van der Waals surface area contributed by atoms with Crippen LogP contribution in [-0.4, -0.2) is 79.3 Å². The van der Waals surface area contributed by atoms with Crippen molar-refractivity contribution in [2.75, 3.05) is 46.4 Å². The Balaban J connectivity index is 1.43. The molecular formula is C25H32N2O5. The molecule has 0 saturated carbocycles. The van der Waals surface area contributed by atoms with Crippen molar-refractivity contribution in [1.29, 1.82) is 0 Å². The van der Waals surface area contributed by atoms with E-state index in [1.54, 1.807) is 24.3 Å². The maximum atomic E-state index is 13.1. The molecule has 1 unspecified atom stereocenters. The Morgan fingerprint density at radius 1 is 1.00 bits per heavy atom. The van der Waals surface area contributed by atoms with E-state index in [1.807, 2.05) is 49.1 Å². The van der Waals surface area contributed by atoms with E-state index in [-0.39, 0.29) is 12.5 Å². The molecule has 1 aliphatic rings. The lowest BCUT2D eigenvalue weighted by Gasteiger charge is -2.39. The Morgan fingerprint density at radius 2 is 1.62 bits per heavy atom. The molecule has 172 valence electrons. The van der Waals surface area contributed by atoms with Gasteiger partial charge in [0.05, 0.1) is 18.1 Å². The Bertz CT molecular complexity index is 890. The lowest BCUT2D eigenvalue weighted by atomic mass is 9.83. The number of nitrogens with zero attached hydrogens (tertiary/aromatic N) is 2. The molecule has 0 aliphatic carbocycles. The largest absolute Gasteiger partial charge is 0.491 e. The van der Waals surface area contributed by atoms with Crippen LogP contribution in [0.25, 0.3) is 0 Å². The quantitative estimate of drug-likeness (QED) is 0.635. The fourth-order valence-corrected chi connectivity index (χ4v) is 3.86. The highest BCUT2D eigenvalue weighted by Crippen LogP contribution is 2.26. The molecule has 0 spiro atoms. The van der Waals surface area contributed by atoms with Crippen LogP contribution in [0.5, 0.6) is 5.75 Å². The number of carbonyl (C=O) groups excluding carboxylic acids is 2. The number of β-amino-alcohol motifs (C(OH)–C–C–N with tert-alkyl or cyclic N) is 1. The highest BCUT2D eigenvalue weighted by molar-refractivity contribution is 5.89. The van der Waals surface area contributed by atoms with Gasteiger partial charge in [0.1, 0.15) is 18.5 Å². The van der Waals surface area contributed by atoms with Gasteiger partial charge in [0, 0.05) is 32.7 Å². The van der Waals surface area contributed by atoms with Crippen molar-refractivity contribution >= 4 is 11.9 Å². The minimum Gasteiger partial charge on any atom is -0.491 e. The zero-order valence-electron chi connectivity index (χ0n) is 19.0. The van der Waals surface area contributed by atoms with E-state index in [0.717, 1.165) is 5.56 Å². The molecule has 1 atom stereocenters. The third-order valence-electron chi connectivity index (χ3n) is 5.88. The van der Waals surface area contributed by atoms with E-state index >= 15 is 0 Å². The Morgan fingerprint density at radius 3 is 2.22 bits per heavy atom. The number of methoxy groups -OCH3 is 1. The van der Waals surface area contributed by atoms with Crippen LogP contribution in [0, 0.1) is 0 Å². The minimum atomic E-state index is -0.654. The summed E-state index contributed by atoms with van der Waals surface area (Å²) in [4.78, 5) is 28.6. The molecule has 32 heavy (non-hydrogen) atoms. The van der Waals surface area contributed by atoms with Gasteiger partial charge in [-0.25, -0.2) is 4.79 Å². The van der Waals surface area contributed by atoms with Gasteiger partial charge in [-0.3, -0.25) is 9.69 Å². The number of carbonyl (C=O) groups is 2. The predicted molar refractivity (Wildman–Crippen MR) is 122 cm³/mol. The van der Waals surface area contributed by atoms with Gasteiger partial charge < -0.3 is 19.5 Å². The number of aliphatic hydroxyl groups is 1. The molecule has 3 rings (SSSR count). The normalized spacial score (nSPS) is 15.8. The summed E-state index contributed by atoms with van der Waals surface area (Å²) in [6.45, 7) is 7.26. The van der Waals surface area contributed by atoms with Gasteiger partial charge >= 0.3 is 5.97 Å². The van der Waals surface area contributed by atoms with Crippen molar-refractivity contribution in [3.05, 3.63) is 65.7 Å². The summed E-state index contributed by atoms with van der Waals surface area (Å²) in [6, 6.07) is 16.5. The first-order valence-electron chi connectivity index (χ1n) is 10.9. The van der Waals surface area contributed by atoms with E-state index < -0.39 is 17.5 Å². The van der Waals surface area contributed by atoms with Gasteiger partial charge in [0.15, 0.2) is 0 Å². The molecule has 1 heterocycles. The maximum Gasteiger partial charge on any atom is 0.337 e. The fourth-order valence-electron chi connectivity index (χ4n) is 3.86. The zero-order chi connectivity index (χ0) is 23.1. The first-order valence-corrected chi connectivity index (χ1v) is 10.9. The smallest absolute Gasteiger partial charge is 0.337 e. The summed E-state index contributed by atoms with van der Waals surface area (Å²) in [5, 5.41) is 10.4. The Hall–Kier alpha value is -2.90. The van der Waals surface area contributed by atoms with Crippen molar-refractivity contribution in [3.63, 3.8) is 0 Å². The fraction of sp³-hybridized carbons (Fsp3) is 0.440. The molecule has 1 amide bonds. The average Bonchev–Trinajstić information content (AvgIpc) is 2.83. The van der Waals surface area contributed by atoms with Crippen LogP contribution < -0.4 is 4.74 Å². The zero-order valence-corrected chi connectivity index (χ0v) is 19.0. The number of esters is 1. The van der Waals surface area contributed by atoms with Crippen molar-refractivity contribution in [3.8, 4) is 5.75 Å². The highest BCUT2D eigenvalue weighted by atomic mass is 16.5. The molecule has 0 aromatic heterocycles. The lowest BCUT2D eigenvalue weighted by molar-refractivity contribution is -0.138. The van der Waals surface area contributed by atoms with Crippen molar-refractivity contribution in [2.45, 2.75) is 25.4 Å². The lowest BCUT2D eigenvalue weighted by Crippen LogP contribution is -2.54. The van der Waals surface area contributed by atoms with Crippen LogP contribution in [0.3, 0.4) is 0 Å².